The SMILES string of the molecule is N#CC(C#N)=C1c2ccccc2C2(c3ccccc31)c1ccccc1N(c1cc(-c3cccc(-c4ccccc4)c3)cc(-c3cccc(-c4ccccc4)c3)c1)c1ccccc12. The molecule has 0 atom stereocenters. The molecule has 2 aliphatic rings. The van der Waals surface area contributed by atoms with Crippen molar-refractivity contribution in [3.8, 4) is 56.6 Å². The summed E-state index contributed by atoms with van der Waals surface area (Å²) in [4.78, 5) is 2.43. The average molecular weight is 788 g/mol. The second kappa shape index (κ2) is 15.0. The van der Waals surface area contributed by atoms with Crippen LogP contribution >= 0.6 is 0 Å². The van der Waals surface area contributed by atoms with Crippen LogP contribution in [0.3, 0.4) is 0 Å². The summed E-state index contributed by atoms with van der Waals surface area (Å²) in [6.45, 7) is 0. The van der Waals surface area contributed by atoms with Crippen LogP contribution < -0.4 is 4.90 Å². The predicted molar refractivity (Wildman–Crippen MR) is 252 cm³/mol. The molecule has 0 radical (unpaired) electrons. The molecule has 0 fully saturated rings. The molecule has 1 spiro atoms. The summed E-state index contributed by atoms with van der Waals surface area (Å²) in [7, 11) is 0. The van der Waals surface area contributed by atoms with Crippen LogP contribution in [0.25, 0.3) is 50.1 Å². The number of rotatable bonds is 5. The van der Waals surface area contributed by atoms with Crippen LogP contribution in [0.2, 0.25) is 0 Å². The Hall–Kier alpha value is -8.50. The monoisotopic (exact) mass is 787 g/mol. The van der Waals surface area contributed by atoms with Crippen LogP contribution in [0.4, 0.5) is 17.1 Å². The van der Waals surface area contributed by atoms with E-state index in [0.717, 1.165) is 83.8 Å². The molecule has 0 N–H and O–H groups in total. The summed E-state index contributed by atoms with van der Waals surface area (Å²) < 4.78 is 0. The fourth-order valence-corrected chi connectivity index (χ4v) is 9.95. The van der Waals surface area contributed by atoms with Crippen molar-refractivity contribution in [2.75, 3.05) is 4.90 Å². The lowest BCUT2D eigenvalue weighted by Crippen LogP contribution is -2.40. The van der Waals surface area contributed by atoms with Gasteiger partial charge in [0.25, 0.3) is 0 Å². The molecule has 0 amide bonds. The van der Waals surface area contributed by atoms with Crippen LogP contribution in [-0.4, -0.2) is 0 Å². The van der Waals surface area contributed by atoms with Crippen molar-refractivity contribution in [3.63, 3.8) is 0 Å². The molecule has 62 heavy (non-hydrogen) atoms. The molecule has 0 saturated heterocycles. The first-order chi connectivity index (χ1) is 30.7. The van der Waals surface area contributed by atoms with Crippen molar-refractivity contribution in [3.05, 3.63) is 263 Å². The van der Waals surface area contributed by atoms with Crippen LogP contribution in [0, 0.1) is 22.7 Å². The number of nitriles is 2. The number of hydrogen-bond acceptors (Lipinski definition) is 3. The molecule has 0 aromatic heterocycles. The maximum Gasteiger partial charge on any atom is 0.138 e. The molecule has 9 aromatic carbocycles. The van der Waals surface area contributed by atoms with Crippen molar-refractivity contribution >= 4 is 22.6 Å². The highest BCUT2D eigenvalue weighted by Gasteiger charge is 2.51. The van der Waals surface area contributed by atoms with Crippen LogP contribution in [0.5, 0.6) is 0 Å². The van der Waals surface area contributed by atoms with Crippen LogP contribution in [0.1, 0.15) is 33.4 Å². The Morgan fingerprint density at radius 3 is 1.15 bits per heavy atom. The smallest absolute Gasteiger partial charge is 0.138 e. The normalized spacial score (nSPS) is 12.9. The first kappa shape index (κ1) is 36.6. The van der Waals surface area contributed by atoms with Gasteiger partial charge in [-0.05, 0) is 120 Å². The molecule has 3 nitrogen and oxygen atoms in total. The van der Waals surface area contributed by atoms with Gasteiger partial charge in [0.1, 0.15) is 17.7 Å². The highest BCUT2D eigenvalue weighted by Crippen LogP contribution is 2.62. The maximum absolute atomic E-state index is 10.3. The molecule has 288 valence electrons. The van der Waals surface area contributed by atoms with E-state index in [9.17, 15) is 10.5 Å². The zero-order chi connectivity index (χ0) is 41.6. The summed E-state index contributed by atoms with van der Waals surface area (Å²) in [5, 5.41) is 20.7. The highest BCUT2D eigenvalue weighted by molar-refractivity contribution is 5.99. The van der Waals surface area contributed by atoms with Gasteiger partial charge >= 0.3 is 0 Å². The number of hydrogen-bond donors (Lipinski definition) is 0. The topological polar surface area (TPSA) is 50.8 Å². The van der Waals surface area contributed by atoms with Gasteiger partial charge in [-0.3, -0.25) is 0 Å². The highest BCUT2D eigenvalue weighted by atomic mass is 15.2. The lowest BCUT2D eigenvalue weighted by atomic mass is 9.56. The molecule has 11 rings (SSSR count). The van der Waals surface area contributed by atoms with Gasteiger partial charge in [0.05, 0.1) is 16.8 Å². The fourth-order valence-electron chi connectivity index (χ4n) is 9.95. The molecule has 0 unspecified atom stereocenters. The Balaban J connectivity index is 1.18. The molecule has 1 heterocycles. The third kappa shape index (κ3) is 5.72. The number of allylic oxidation sites excluding steroid dienone is 1. The Morgan fingerprint density at radius 2 is 0.694 bits per heavy atom. The van der Waals surface area contributed by atoms with Gasteiger partial charge < -0.3 is 4.90 Å². The Kier molecular flexibility index (Phi) is 8.82. The van der Waals surface area contributed by atoms with E-state index in [1.165, 1.54) is 11.1 Å². The molecule has 9 aromatic rings. The van der Waals surface area contributed by atoms with Gasteiger partial charge in [0.2, 0.25) is 0 Å². The lowest BCUT2D eigenvalue weighted by Gasteiger charge is -2.49. The lowest BCUT2D eigenvalue weighted by molar-refractivity contribution is 0.718. The molecular weight excluding hydrogens is 751 g/mol. The number of nitrogens with zero attached hydrogens (tertiary/aromatic N) is 3. The number of fused-ring (bicyclic) bond motifs is 8. The van der Waals surface area contributed by atoms with E-state index in [0.29, 0.717) is 5.57 Å². The zero-order valence-corrected chi connectivity index (χ0v) is 33.7. The third-order valence-corrected chi connectivity index (χ3v) is 12.6. The van der Waals surface area contributed by atoms with Crippen molar-refractivity contribution in [1.82, 2.24) is 0 Å². The van der Waals surface area contributed by atoms with E-state index >= 15 is 0 Å². The predicted octanol–water partition coefficient (Wildman–Crippen LogP) is 14.7. The third-order valence-electron chi connectivity index (χ3n) is 12.6. The molecule has 1 aliphatic heterocycles. The Morgan fingerprint density at radius 1 is 0.339 bits per heavy atom. The van der Waals surface area contributed by atoms with Crippen molar-refractivity contribution in [1.29, 1.82) is 10.5 Å². The number of anilines is 3. The van der Waals surface area contributed by atoms with Gasteiger partial charge in [-0.1, -0.05) is 182 Å². The Labute approximate surface area is 362 Å². The van der Waals surface area contributed by atoms with Gasteiger partial charge in [0.15, 0.2) is 0 Å². The first-order valence-corrected chi connectivity index (χ1v) is 20.9. The maximum atomic E-state index is 10.3. The quantitative estimate of drug-likeness (QED) is 0.163. The zero-order valence-electron chi connectivity index (χ0n) is 33.7. The van der Waals surface area contributed by atoms with Gasteiger partial charge in [-0.2, -0.15) is 10.5 Å². The van der Waals surface area contributed by atoms with Gasteiger partial charge in [-0.25, -0.2) is 0 Å². The molecular formula is C59H37N3. The van der Waals surface area contributed by atoms with Crippen LogP contribution in [0.15, 0.2) is 230 Å². The van der Waals surface area contributed by atoms with E-state index in [2.05, 4.69) is 229 Å². The van der Waals surface area contributed by atoms with Crippen molar-refractivity contribution in [2.45, 2.75) is 5.41 Å². The Bertz CT molecular complexity index is 3110. The minimum absolute atomic E-state index is 0.107. The summed E-state index contributed by atoms with van der Waals surface area (Å²) in [6.07, 6.45) is 0. The minimum atomic E-state index is -0.759. The van der Waals surface area contributed by atoms with E-state index in [4.69, 9.17) is 0 Å². The molecule has 0 saturated carbocycles. The number of benzene rings is 9. The summed E-state index contributed by atoms with van der Waals surface area (Å²) in [6, 6.07) is 84.4. The summed E-state index contributed by atoms with van der Waals surface area (Å²) >= 11 is 0. The second-order valence-electron chi connectivity index (χ2n) is 15.8. The standard InChI is InChI=1S/C59H37N3/c60-38-48(39-61)58-50-25-7-9-27-52(50)59(53-28-10-8-26-51(53)58)54-29-11-13-31-56(54)62(57-32-14-12-30-55(57)59)49-36-46(44-23-15-21-42(33-44)40-17-3-1-4-18-40)35-47(37-49)45-24-16-22-43(34-45)41-19-5-2-6-20-41/h1-37H. The summed E-state index contributed by atoms with van der Waals surface area (Å²) in [5.74, 6) is 0. The van der Waals surface area contributed by atoms with Gasteiger partial charge in [-0.15, -0.1) is 0 Å². The van der Waals surface area contributed by atoms with Crippen molar-refractivity contribution in [2.24, 2.45) is 0 Å². The van der Waals surface area contributed by atoms with Gasteiger partial charge in [0, 0.05) is 11.3 Å². The molecule has 3 heteroatoms. The fraction of sp³-hybridized carbons (Fsp3) is 0.0169. The largest absolute Gasteiger partial charge is 0.310 e. The van der Waals surface area contributed by atoms with Crippen LogP contribution in [-0.2, 0) is 5.41 Å². The number of para-hydroxylation sites is 2. The second-order valence-corrected chi connectivity index (χ2v) is 15.8. The van der Waals surface area contributed by atoms with E-state index in [1.807, 2.05) is 12.1 Å². The molecule has 1 aliphatic carbocycles. The van der Waals surface area contributed by atoms with E-state index < -0.39 is 5.41 Å². The average Bonchev–Trinajstić information content (AvgIpc) is 3.35. The first-order valence-electron chi connectivity index (χ1n) is 20.9. The molecule has 0 bridgehead atoms. The minimum Gasteiger partial charge on any atom is -0.310 e. The van der Waals surface area contributed by atoms with E-state index in [-0.39, 0.29) is 5.57 Å². The van der Waals surface area contributed by atoms with E-state index in [1.54, 1.807) is 0 Å². The summed E-state index contributed by atoms with van der Waals surface area (Å²) in [5.41, 5.74) is 18.4. The van der Waals surface area contributed by atoms with Crippen molar-refractivity contribution < 1.29 is 0 Å².